The highest BCUT2D eigenvalue weighted by atomic mass is 127. The Morgan fingerprint density at radius 1 is 1.37 bits per heavy atom. The highest BCUT2D eigenvalue weighted by molar-refractivity contribution is 14.0. The van der Waals surface area contributed by atoms with Crippen LogP contribution in [0.3, 0.4) is 0 Å². The zero-order valence-corrected chi connectivity index (χ0v) is 14.5. The summed E-state index contributed by atoms with van der Waals surface area (Å²) in [5.41, 5.74) is -1.16. The van der Waals surface area contributed by atoms with Crippen molar-refractivity contribution in [1.82, 2.24) is 10.6 Å². The number of nitrogens with one attached hydrogen (secondary N) is 2. The van der Waals surface area contributed by atoms with E-state index in [1.807, 2.05) is 20.8 Å². The van der Waals surface area contributed by atoms with Crippen LogP contribution in [0.2, 0.25) is 0 Å². The Hall–Kier alpha value is -0.760. The van der Waals surface area contributed by atoms with Gasteiger partial charge < -0.3 is 20.2 Å². The third-order valence-electron chi connectivity index (χ3n) is 2.37. The van der Waals surface area contributed by atoms with E-state index in [9.17, 15) is 5.11 Å². The summed E-state index contributed by atoms with van der Waals surface area (Å²) in [6.07, 6.45) is 1.55. The molecule has 110 valence electrons. The molecule has 6 heteroatoms. The van der Waals surface area contributed by atoms with Gasteiger partial charge in [-0.2, -0.15) is 0 Å². The first-order chi connectivity index (χ1) is 8.24. The molecule has 0 aliphatic rings. The number of guanidine groups is 1. The minimum Gasteiger partial charge on any atom is -0.466 e. The zero-order chi connectivity index (χ0) is 13.8. The lowest BCUT2D eigenvalue weighted by Gasteiger charge is -2.27. The molecule has 1 heterocycles. The van der Waals surface area contributed by atoms with Gasteiger partial charge in [0.2, 0.25) is 0 Å². The van der Waals surface area contributed by atoms with Gasteiger partial charge in [-0.3, -0.25) is 4.99 Å². The second-order valence-corrected chi connectivity index (χ2v) is 5.55. The Kier molecular flexibility index (Phi) is 6.85. The molecule has 0 fully saturated rings. The zero-order valence-electron chi connectivity index (χ0n) is 12.2. The second-order valence-electron chi connectivity index (χ2n) is 5.55. The second kappa shape index (κ2) is 7.14. The maximum Gasteiger partial charge on any atom is 0.191 e. The van der Waals surface area contributed by atoms with E-state index in [1.54, 1.807) is 32.4 Å². The average Bonchev–Trinajstić information content (AvgIpc) is 2.76. The molecule has 0 aromatic carbocycles. The van der Waals surface area contributed by atoms with Gasteiger partial charge in [0.1, 0.15) is 11.4 Å². The standard InChI is InChI=1S/C13H23N3O2.HI/c1-12(2,3)16-11(14-5)15-9-13(4,17)10-7-6-8-18-10;/h6-8,17H,9H2,1-5H3,(H2,14,15,16);1H. The summed E-state index contributed by atoms with van der Waals surface area (Å²) < 4.78 is 5.21. The van der Waals surface area contributed by atoms with Crippen molar-refractivity contribution in [2.24, 2.45) is 4.99 Å². The van der Waals surface area contributed by atoms with Crippen LogP contribution in [0.15, 0.2) is 27.8 Å². The Morgan fingerprint density at radius 3 is 2.42 bits per heavy atom. The van der Waals surface area contributed by atoms with Crippen molar-refractivity contribution in [3.05, 3.63) is 24.2 Å². The largest absolute Gasteiger partial charge is 0.466 e. The van der Waals surface area contributed by atoms with E-state index in [0.29, 0.717) is 18.3 Å². The maximum absolute atomic E-state index is 10.3. The van der Waals surface area contributed by atoms with Crippen LogP contribution in [-0.4, -0.2) is 30.2 Å². The molecule has 5 nitrogen and oxygen atoms in total. The number of aliphatic hydroxyl groups is 1. The lowest BCUT2D eigenvalue weighted by molar-refractivity contribution is 0.0385. The molecule has 1 aromatic heterocycles. The first-order valence-electron chi connectivity index (χ1n) is 6.00. The summed E-state index contributed by atoms with van der Waals surface area (Å²) in [7, 11) is 1.70. The summed E-state index contributed by atoms with van der Waals surface area (Å²) in [5.74, 6) is 1.18. The predicted molar refractivity (Wildman–Crippen MR) is 87.9 cm³/mol. The van der Waals surface area contributed by atoms with Gasteiger partial charge in [-0.1, -0.05) is 0 Å². The van der Waals surface area contributed by atoms with Crippen molar-refractivity contribution in [3.63, 3.8) is 0 Å². The molecular weight excluding hydrogens is 357 g/mol. The molecule has 19 heavy (non-hydrogen) atoms. The van der Waals surface area contributed by atoms with Crippen molar-refractivity contribution >= 4 is 29.9 Å². The fraction of sp³-hybridized carbons (Fsp3) is 0.615. The molecule has 3 N–H and O–H groups in total. The summed E-state index contributed by atoms with van der Waals surface area (Å²) >= 11 is 0. The van der Waals surface area contributed by atoms with Crippen molar-refractivity contribution < 1.29 is 9.52 Å². The molecule has 0 radical (unpaired) electrons. The molecule has 0 saturated carbocycles. The molecule has 0 aliphatic carbocycles. The summed E-state index contributed by atoms with van der Waals surface area (Å²) in [4.78, 5) is 4.11. The highest BCUT2D eigenvalue weighted by Crippen LogP contribution is 2.19. The van der Waals surface area contributed by atoms with Gasteiger partial charge in [0, 0.05) is 12.6 Å². The fourth-order valence-corrected chi connectivity index (χ4v) is 1.46. The Morgan fingerprint density at radius 2 is 2.00 bits per heavy atom. The Labute approximate surface area is 131 Å². The van der Waals surface area contributed by atoms with E-state index in [2.05, 4.69) is 15.6 Å². The maximum atomic E-state index is 10.3. The molecule has 0 spiro atoms. The molecule has 1 rings (SSSR count). The predicted octanol–water partition coefficient (Wildman–Crippen LogP) is 2.07. The van der Waals surface area contributed by atoms with Crippen LogP contribution in [0.25, 0.3) is 0 Å². The van der Waals surface area contributed by atoms with E-state index in [4.69, 9.17) is 4.42 Å². The van der Waals surface area contributed by atoms with Crippen LogP contribution in [-0.2, 0) is 5.60 Å². The fourth-order valence-electron chi connectivity index (χ4n) is 1.46. The molecule has 0 bridgehead atoms. The number of furan rings is 1. The first-order valence-corrected chi connectivity index (χ1v) is 6.00. The van der Waals surface area contributed by atoms with Crippen molar-refractivity contribution in [2.75, 3.05) is 13.6 Å². The molecule has 1 unspecified atom stereocenters. The van der Waals surface area contributed by atoms with Crippen LogP contribution < -0.4 is 10.6 Å². The average molecular weight is 381 g/mol. The van der Waals surface area contributed by atoms with Gasteiger partial charge in [-0.05, 0) is 39.8 Å². The highest BCUT2D eigenvalue weighted by Gasteiger charge is 2.26. The number of aliphatic imine (C=N–C) groups is 1. The van der Waals surface area contributed by atoms with Gasteiger partial charge in [0.05, 0.1) is 12.8 Å². The van der Waals surface area contributed by atoms with Gasteiger partial charge in [-0.25, -0.2) is 0 Å². The van der Waals surface area contributed by atoms with Crippen molar-refractivity contribution in [2.45, 2.75) is 38.8 Å². The van der Waals surface area contributed by atoms with Crippen LogP contribution in [0.4, 0.5) is 0 Å². The molecule has 1 aromatic rings. The lowest BCUT2D eigenvalue weighted by atomic mass is 10.0. The Balaban J connectivity index is 0.00000324. The van der Waals surface area contributed by atoms with Crippen LogP contribution in [0.1, 0.15) is 33.5 Å². The lowest BCUT2D eigenvalue weighted by Crippen LogP contribution is -2.50. The topological polar surface area (TPSA) is 69.8 Å². The molecule has 0 aliphatic heterocycles. The van der Waals surface area contributed by atoms with Crippen molar-refractivity contribution in [1.29, 1.82) is 0 Å². The van der Waals surface area contributed by atoms with Crippen LogP contribution in [0, 0.1) is 0 Å². The van der Waals surface area contributed by atoms with E-state index in [1.165, 1.54) is 0 Å². The number of hydrogen-bond donors (Lipinski definition) is 3. The monoisotopic (exact) mass is 381 g/mol. The molecule has 1 atom stereocenters. The summed E-state index contributed by atoms with van der Waals surface area (Å²) in [6, 6.07) is 3.51. The quantitative estimate of drug-likeness (QED) is 0.426. The molecular formula is C13H24IN3O2. The number of halogens is 1. The van der Waals surface area contributed by atoms with Crippen LogP contribution >= 0.6 is 24.0 Å². The van der Waals surface area contributed by atoms with Gasteiger partial charge in [-0.15, -0.1) is 24.0 Å². The SMILES string of the molecule is CN=C(NCC(C)(O)c1ccco1)NC(C)(C)C.I. The van der Waals surface area contributed by atoms with E-state index in [0.717, 1.165) is 0 Å². The minimum atomic E-state index is -1.07. The van der Waals surface area contributed by atoms with E-state index < -0.39 is 5.60 Å². The normalized spacial score (nSPS) is 15.4. The Bertz CT molecular complexity index is 395. The third kappa shape index (κ3) is 6.29. The van der Waals surface area contributed by atoms with Crippen molar-refractivity contribution in [3.8, 4) is 0 Å². The van der Waals surface area contributed by atoms with Gasteiger partial charge in [0.25, 0.3) is 0 Å². The van der Waals surface area contributed by atoms with E-state index in [-0.39, 0.29) is 29.5 Å². The molecule has 0 saturated heterocycles. The number of nitrogens with zero attached hydrogens (tertiary/aromatic N) is 1. The summed E-state index contributed by atoms with van der Waals surface area (Å²) in [5, 5.41) is 16.6. The summed E-state index contributed by atoms with van der Waals surface area (Å²) in [6.45, 7) is 8.15. The van der Waals surface area contributed by atoms with Gasteiger partial charge >= 0.3 is 0 Å². The van der Waals surface area contributed by atoms with Crippen LogP contribution in [0.5, 0.6) is 0 Å². The number of hydrogen-bond acceptors (Lipinski definition) is 3. The van der Waals surface area contributed by atoms with E-state index >= 15 is 0 Å². The molecule has 0 amide bonds. The smallest absolute Gasteiger partial charge is 0.191 e. The minimum absolute atomic E-state index is 0. The number of rotatable bonds is 3. The van der Waals surface area contributed by atoms with Gasteiger partial charge in [0.15, 0.2) is 5.96 Å². The first kappa shape index (κ1) is 18.2. The third-order valence-corrected chi connectivity index (χ3v) is 2.37.